The minimum atomic E-state index is 0. The van der Waals surface area contributed by atoms with E-state index in [1.54, 1.807) is 7.05 Å². The maximum Gasteiger partial charge on any atom is 0.191 e. The molecule has 2 N–H and O–H groups in total. The lowest BCUT2D eigenvalue weighted by atomic mass is 10.2. The van der Waals surface area contributed by atoms with Crippen molar-refractivity contribution in [2.45, 2.75) is 32.3 Å². The number of aliphatic imine (C=N–C) groups is 1. The van der Waals surface area contributed by atoms with Crippen molar-refractivity contribution in [3.8, 4) is 0 Å². The van der Waals surface area contributed by atoms with Gasteiger partial charge in [-0.15, -0.1) is 24.0 Å². The number of nitrogens with one attached hydrogen (secondary N) is 2. The van der Waals surface area contributed by atoms with Crippen molar-refractivity contribution >= 4 is 29.9 Å². The van der Waals surface area contributed by atoms with Crippen LogP contribution in [0.5, 0.6) is 0 Å². The summed E-state index contributed by atoms with van der Waals surface area (Å²) in [4.78, 5) is 4.14. The summed E-state index contributed by atoms with van der Waals surface area (Å²) in [5.41, 5.74) is 0. The van der Waals surface area contributed by atoms with Crippen LogP contribution in [0, 0.1) is 0 Å². The van der Waals surface area contributed by atoms with Crippen molar-refractivity contribution in [2.75, 3.05) is 53.2 Å². The van der Waals surface area contributed by atoms with E-state index in [0.29, 0.717) is 12.7 Å². The van der Waals surface area contributed by atoms with Gasteiger partial charge in [0.1, 0.15) is 0 Å². The molecule has 1 heterocycles. The second-order valence-electron chi connectivity index (χ2n) is 4.69. The highest BCUT2D eigenvalue weighted by atomic mass is 127. The number of hydrogen-bond acceptors (Lipinski definition) is 4. The van der Waals surface area contributed by atoms with Gasteiger partial charge in [-0.3, -0.25) is 4.99 Å². The molecule has 0 amide bonds. The Morgan fingerprint density at radius 1 is 1.24 bits per heavy atom. The van der Waals surface area contributed by atoms with E-state index in [1.807, 2.05) is 6.92 Å². The minimum Gasteiger partial charge on any atom is -0.380 e. The molecule has 6 nitrogen and oxygen atoms in total. The third kappa shape index (κ3) is 11.1. The van der Waals surface area contributed by atoms with Crippen LogP contribution in [0.15, 0.2) is 4.99 Å². The van der Waals surface area contributed by atoms with E-state index in [-0.39, 0.29) is 24.0 Å². The average molecular weight is 415 g/mol. The Balaban J connectivity index is 0.00000400. The first-order valence-electron chi connectivity index (χ1n) is 7.58. The Hall–Kier alpha value is -0.120. The SMILES string of the molecule is CCOCCNC(=NC)NCCCOCC1CCCO1.I. The molecule has 0 aromatic rings. The van der Waals surface area contributed by atoms with Crippen LogP contribution in [0.1, 0.15) is 26.2 Å². The topological polar surface area (TPSA) is 64.1 Å². The fourth-order valence-corrected chi connectivity index (χ4v) is 1.98. The molecule has 1 aliphatic rings. The minimum absolute atomic E-state index is 0. The van der Waals surface area contributed by atoms with Gasteiger partial charge in [0.2, 0.25) is 0 Å². The quantitative estimate of drug-likeness (QED) is 0.244. The number of rotatable bonds is 10. The van der Waals surface area contributed by atoms with Crippen molar-refractivity contribution in [1.29, 1.82) is 0 Å². The van der Waals surface area contributed by atoms with Gasteiger partial charge >= 0.3 is 0 Å². The summed E-state index contributed by atoms with van der Waals surface area (Å²) in [5.74, 6) is 0.809. The van der Waals surface area contributed by atoms with E-state index in [9.17, 15) is 0 Å². The fourth-order valence-electron chi connectivity index (χ4n) is 1.98. The van der Waals surface area contributed by atoms with Crippen molar-refractivity contribution in [3.05, 3.63) is 0 Å². The summed E-state index contributed by atoms with van der Waals surface area (Å²) < 4.78 is 16.4. The second-order valence-corrected chi connectivity index (χ2v) is 4.69. The molecule has 0 aromatic heterocycles. The Bertz CT molecular complexity index is 262. The van der Waals surface area contributed by atoms with Crippen molar-refractivity contribution in [2.24, 2.45) is 4.99 Å². The third-order valence-electron chi connectivity index (χ3n) is 3.05. The molecule has 21 heavy (non-hydrogen) atoms. The normalized spacial score (nSPS) is 18.4. The lowest BCUT2D eigenvalue weighted by Crippen LogP contribution is -2.39. The smallest absolute Gasteiger partial charge is 0.191 e. The number of nitrogens with zero attached hydrogens (tertiary/aromatic N) is 1. The molecule has 0 aromatic carbocycles. The zero-order valence-electron chi connectivity index (χ0n) is 13.2. The van der Waals surface area contributed by atoms with Gasteiger partial charge in [0.05, 0.1) is 19.3 Å². The van der Waals surface area contributed by atoms with Crippen LogP contribution in [-0.4, -0.2) is 65.2 Å². The van der Waals surface area contributed by atoms with Crippen molar-refractivity contribution in [3.63, 3.8) is 0 Å². The molecule has 1 atom stereocenters. The molecule has 0 spiro atoms. The van der Waals surface area contributed by atoms with Crippen LogP contribution in [-0.2, 0) is 14.2 Å². The van der Waals surface area contributed by atoms with Crippen LogP contribution in [0.3, 0.4) is 0 Å². The second kappa shape index (κ2) is 14.8. The van der Waals surface area contributed by atoms with Crippen LogP contribution < -0.4 is 10.6 Å². The van der Waals surface area contributed by atoms with E-state index in [0.717, 1.165) is 58.3 Å². The van der Waals surface area contributed by atoms with Crippen molar-refractivity contribution in [1.82, 2.24) is 10.6 Å². The lowest BCUT2D eigenvalue weighted by Gasteiger charge is -2.12. The predicted octanol–water partition coefficient (Wildman–Crippen LogP) is 1.39. The van der Waals surface area contributed by atoms with Crippen LogP contribution >= 0.6 is 24.0 Å². The predicted molar refractivity (Wildman–Crippen MR) is 95.7 cm³/mol. The number of guanidine groups is 1. The molecule has 1 rings (SSSR count). The van der Waals surface area contributed by atoms with Gasteiger partial charge < -0.3 is 24.8 Å². The molecule has 0 aliphatic carbocycles. The van der Waals surface area contributed by atoms with Gasteiger partial charge in [-0.2, -0.15) is 0 Å². The highest BCUT2D eigenvalue weighted by Crippen LogP contribution is 2.11. The highest BCUT2D eigenvalue weighted by molar-refractivity contribution is 14.0. The molecular weight excluding hydrogens is 385 g/mol. The van der Waals surface area contributed by atoms with Crippen LogP contribution in [0.4, 0.5) is 0 Å². The van der Waals surface area contributed by atoms with E-state index in [4.69, 9.17) is 14.2 Å². The van der Waals surface area contributed by atoms with Crippen LogP contribution in [0.2, 0.25) is 0 Å². The Morgan fingerprint density at radius 3 is 2.71 bits per heavy atom. The van der Waals surface area contributed by atoms with E-state index in [2.05, 4.69) is 15.6 Å². The summed E-state index contributed by atoms with van der Waals surface area (Å²) in [5, 5.41) is 6.44. The molecule has 7 heteroatoms. The molecule has 1 fully saturated rings. The fraction of sp³-hybridized carbons (Fsp3) is 0.929. The zero-order valence-corrected chi connectivity index (χ0v) is 15.6. The number of hydrogen-bond donors (Lipinski definition) is 2. The number of ether oxygens (including phenoxy) is 3. The summed E-state index contributed by atoms with van der Waals surface area (Å²) in [6.45, 7) is 7.41. The standard InChI is InChI=1S/C14H29N3O3.HI/c1-3-18-11-8-17-14(15-2)16-7-5-9-19-12-13-6-4-10-20-13;/h13H,3-12H2,1-2H3,(H2,15,16,17);1H. The summed E-state index contributed by atoms with van der Waals surface area (Å²) >= 11 is 0. The third-order valence-corrected chi connectivity index (χ3v) is 3.05. The summed E-state index contributed by atoms with van der Waals surface area (Å²) in [6.07, 6.45) is 3.57. The van der Waals surface area contributed by atoms with Gasteiger partial charge in [-0.25, -0.2) is 0 Å². The maximum absolute atomic E-state index is 5.60. The van der Waals surface area contributed by atoms with E-state index < -0.39 is 0 Å². The first-order valence-corrected chi connectivity index (χ1v) is 7.58. The monoisotopic (exact) mass is 415 g/mol. The largest absolute Gasteiger partial charge is 0.380 e. The first-order chi connectivity index (χ1) is 9.86. The first kappa shape index (κ1) is 20.9. The molecule has 0 bridgehead atoms. The van der Waals surface area contributed by atoms with Gasteiger partial charge in [-0.1, -0.05) is 0 Å². The van der Waals surface area contributed by atoms with Gasteiger partial charge in [0.15, 0.2) is 5.96 Å². The molecule has 0 radical (unpaired) electrons. The maximum atomic E-state index is 5.60. The van der Waals surface area contributed by atoms with Crippen molar-refractivity contribution < 1.29 is 14.2 Å². The van der Waals surface area contributed by atoms with Gasteiger partial charge in [-0.05, 0) is 26.2 Å². The zero-order chi connectivity index (χ0) is 14.5. The Labute approximate surface area is 145 Å². The molecule has 126 valence electrons. The molecule has 0 saturated carbocycles. The molecule has 1 saturated heterocycles. The van der Waals surface area contributed by atoms with E-state index in [1.165, 1.54) is 6.42 Å². The highest BCUT2D eigenvalue weighted by Gasteiger charge is 2.14. The lowest BCUT2D eigenvalue weighted by molar-refractivity contribution is 0.0168. The Morgan fingerprint density at radius 2 is 2.05 bits per heavy atom. The van der Waals surface area contributed by atoms with Gasteiger partial charge in [0, 0.05) is 40.0 Å². The Kier molecular flexibility index (Phi) is 14.7. The number of halogens is 1. The van der Waals surface area contributed by atoms with Crippen LogP contribution in [0.25, 0.3) is 0 Å². The summed E-state index contributed by atoms with van der Waals surface area (Å²) in [6, 6.07) is 0. The molecule has 1 aliphatic heterocycles. The van der Waals surface area contributed by atoms with Gasteiger partial charge in [0.25, 0.3) is 0 Å². The summed E-state index contributed by atoms with van der Waals surface area (Å²) in [7, 11) is 1.77. The average Bonchev–Trinajstić information content (AvgIpc) is 2.98. The molecule has 1 unspecified atom stereocenters. The van der Waals surface area contributed by atoms with E-state index >= 15 is 0 Å². The molecular formula is C14H30IN3O3.